The van der Waals surface area contributed by atoms with E-state index in [0.29, 0.717) is 12.1 Å². The van der Waals surface area contributed by atoms with Crippen molar-refractivity contribution >= 4 is 5.78 Å². The lowest BCUT2D eigenvalue weighted by Gasteiger charge is -2.00. The lowest BCUT2D eigenvalue weighted by molar-refractivity contribution is 0.0978. The predicted octanol–water partition coefficient (Wildman–Crippen LogP) is 2.93. The number of allylic oxidation sites excluding steroid dienone is 1. The van der Waals surface area contributed by atoms with E-state index in [1.165, 1.54) is 0 Å². The SMILES string of the molecule is C=C(C)CCC(=O)c1cccc(C)n1. The standard InChI is InChI=1S/C12H15NO/c1-9(2)7-8-12(14)11-6-4-5-10(3)13-11/h4-6H,1,7-8H2,2-3H3. The number of hydrogen-bond acceptors (Lipinski definition) is 2. The summed E-state index contributed by atoms with van der Waals surface area (Å²) in [7, 11) is 0. The van der Waals surface area contributed by atoms with Crippen LogP contribution in [-0.2, 0) is 0 Å². The molecule has 1 rings (SSSR count). The Morgan fingerprint density at radius 3 is 2.71 bits per heavy atom. The third-order valence-electron chi connectivity index (χ3n) is 1.95. The van der Waals surface area contributed by atoms with E-state index >= 15 is 0 Å². The van der Waals surface area contributed by atoms with Crippen LogP contribution in [-0.4, -0.2) is 10.8 Å². The molecule has 74 valence electrons. The summed E-state index contributed by atoms with van der Waals surface area (Å²) in [6.45, 7) is 7.58. The topological polar surface area (TPSA) is 30.0 Å². The lowest BCUT2D eigenvalue weighted by atomic mass is 10.1. The maximum Gasteiger partial charge on any atom is 0.181 e. The Morgan fingerprint density at radius 2 is 2.14 bits per heavy atom. The largest absolute Gasteiger partial charge is 0.292 e. The molecule has 0 N–H and O–H groups in total. The Balaban J connectivity index is 2.65. The van der Waals surface area contributed by atoms with Gasteiger partial charge in [0, 0.05) is 12.1 Å². The molecule has 0 spiro atoms. The molecule has 0 aliphatic rings. The van der Waals surface area contributed by atoms with Gasteiger partial charge >= 0.3 is 0 Å². The van der Waals surface area contributed by atoms with Crippen molar-refractivity contribution in [3.8, 4) is 0 Å². The van der Waals surface area contributed by atoms with E-state index in [1.807, 2.05) is 26.0 Å². The first-order chi connectivity index (χ1) is 6.59. The number of carbonyl (C=O) groups excluding carboxylic acids is 1. The number of pyridine rings is 1. The van der Waals surface area contributed by atoms with Crippen molar-refractivity contribution in [1.82, 2.24) is 4.98 Å². The maximum atomic E-state index is 11.6. The predicted molar refractivity (Wildman–Crippen MR) is 57.4 cm³/mol. The monoisotopic (exact) mass is 189 g/mol. The van der Waals surface area contributed by atoms with Gasteiger partial charge < -0.3 is 0 Å². The van der Waals surface area contributed by atoms with Crippen LogP contribution in [0.2, 0.25) is 0 Å². The van der Waals surface area contributed by atoms with Crippen LogP contribution in [0.1, 0.15) is 35.9 Å². The van der Waals surface area contributed by atoms with Crippen LogP contribution in [0.4, 0.5) is 0 Å². The molecule has 1 heterocycles. The van der Waals surface area contributed by atoms with E-state index in [4.69, 9.17) is 0 Å². The average molecular weight is 189 g/mol. The van der Waals surface area contributed by atoms with Crippen LogP contribution in [0, 0.1) is 6.92 Å². The highest BCUT2D eigenvalue weighted by Crippen LogP contribution is 2.07. The number of nitrogens with zero attached hydrogens (tertiary/aromatic N) is 1. The fraction of sp³-hybridized carbons (Fsp3) is 0.333. The van der Waals surface area contributed by atoms with E-state index in [1.54, 1.807) is 6.07 Å². The zero-order valence-electron chi connectivity index (χ0n) is 8.71. The van der Waals surface area contributed by atoms with Gasteiger partial charge in [0.2, 0.25) is 0 Å². The molecule has 0 unspecified atom stereocenters. The number of carbonyl (C=O) groups is 1. The Bertz CT molecular complexity index is 355. The first kappa shape index (κ1) is 10.6. The van der Waals surface area contributed by atoms with Gasteiger partial charge in [-0.25, -0.2) is 0 Å². The smallest absolute Gasteiger partial charge is 0.181 e. The first-order valence-corrected chi connectivity index (χ1v) is 4.71. The normalized spacial score (nSPS) is 9.86. The summed E-state index contributed by atoms with van der Waals surface area (Å²) in [5.74, 6) is 0.0942. The molecular formula is C12H15NO. The summed E-state index contributed by atoms with van der Waals surface area (Å²) >= 11 is 0. The van der Waals surface area contributed by atoms with Gasteiger partial charge in [-0.15, -0.1) is 6.58 Å². The van der Waals surface area contributed by atoms with Gasteiger partial charge in [-0.05, 0) is 32.4 Å². The second-order valence-corrected chi connectivity index (χ2v) is 3.54. The highest BCUT2D eigenvalue weighted by Gasteiger charge is 2.06. The zero-order chi connectivity index (χ0) is 10.6. The minimum absolute atomic E-state index is 0.0942. The molecule has 0 radical (unpaired) electrons. The fourth-order valence-corrected chi connectivity index (χ4v) is 1.15. The van der Waals surface area contributed by atoms with Gasteiger partial charge in [-0.3, -0.25) is 9.78 Å². The van der Waals surface area contributed by atoms with E-state index in [9.17, 15) is 4.79 Å². The summed E-state index contributed by atoms with van der Waals surface area (Å²) < 4.78 is 0. The van der Waals surface area contributed by atoms with Crippen molar-refractivity contribution in [3.63, 3.8) is 0 Å². The second kappa shape index (κ2) is 4.70. The van der Waals surface area contributed by atoms with Gasteiger partial charge in [-0.2, -0.15) is 0 Å². The zero-order valence-corrected chi connectivity index (χ0v) is 8.71. The van der Waals surface area contributed by atoms with E-state index in [2.05, 4.69) is 11.6 Å². The molecule has 1 aromatic heterocycles. The third-order valence-corrected chi connectivity index (χ3v) is 1.95. The van der Waals surface area contributed by atoms with Crippen LogP contribution < -0.4 is 0 Å². The van der Waals surface area contributed by atoms with Crippen molar-refractivity contribution in [2.45, 2.75) is 26.7 Å². The number of hydrogen-bond donors (Lipinski definition) is 0. The van der Waals surface area contributed by atoms with Gasteiger partial charge in [-0.1, -0.05) is 11.6 Å². The minimum atomic E-state index is 0.0942. The van der Waals surface area contributed by atoms with Gasteiger partial charge in [0.1, 0.15) is 5.69 Å². The molecular weight excluding hydrogens is 174 g/mol. The first-order valence-electron chi connectivity index (χ1n) is 4.71. The lowest BCUT2D eigenvalue weighted by Crippen LogP contribution is -2.02. The summed E-state index contributed by atoms with van der Waals surface area (Å²) in [4.78, 5) is 15.8. The summed E-state index contributed by atoms with van der Waals surface area (Å²) in [6, 6.07) is 5.50. The molecule has 0 saturated heterocycles. The molecule has 0 atom stereocenters. The van der Waals surface area contributed by atoms with Gasteiger partial charge in [0.15, 0.2) is 5.78 Å². The molecule has 2 nitrogen and oxygen atoms in total. The summed E-state index contributed by atoms with van der Waals surface area (Å²) in [6.07, 6.45) is 1.25. The molecule has 1 aromatic rings. The molecule has 0 amide bonds. The number of Topliss-reactive ketones (excluding diaryl/α,β-unsaturated/α-hetero) is 1. The number of rotatable bonds is 4. The quantitative estimate of drug-likeness (QED) is 0.538. The van der Waals surface area contributed by atoms with Crippen molar-refractivity contribution in [2.75, 3.05) is 0 Å². The Labute approximate surface area is 84.7 Å². The van der Waals surface area contributed by atoms with Crippen LogP contribution in [0.25, 0.3) is 0 Å². The van der Waals surface area contributed by atoms with Crippen molar-refractivity contribution < 1.29 is 4.79 Å². The summed E-state index contributed by atoms with van der Waals surface area (Å²) in [5.41, 5.74) is 2.48. The highest BCUT2D eigenvalue weighted by atomic mass is 16.1. The summed E-state index contributed by atoms with van der Waals surface area (Å²) in [5, 5.41) is 0. The van der Waals surface area contributed by atoms with Crippen LogP contribution in [0.5, 0.6) is 0 Å². The van der Waals surface area contributed by atoms with E-state index < -0.39 is 0 Å². The molecule has 0 saturated carbocycles. The molecule has 0 fully saturated rings. The average Bonchev–Trinajstić information content (AvgIpc) is 2.14. The molecule has 14 heavy (non-hydrogen) atoms. The van der Waals surface area contributed by atoms with Gasteiger partial charge in [0.25, 0.3) is 0 Å². The van der Waals surface area contributed by atoms with Crippen molar-refractivity contribution in [1.29, 1.82) is 0 Å². The Hall–Kier alpha value is -1.44. The molecule has 2 heteroatoms. The number of aromatic nitrogens is 1. The van der Waals surface area contributed by atoms with E-state index in [-0.39, 0.29) is 5.78 Å². The van der Waals surface area contributed by atoms with Crippen molar-refractivity contribution in [3.05, 3.63) is 41.7 Å². The number of aryl methyl sites for hydroxylation is 1. The van der Waals surface area contributed by atoms with E-state index in [0.717, 1.165) is 17.7 Å². The van der Waals surface area contributed by atoms with Gasteiger partial charge in [0.05, 0.1) is 0 Å². The molecule has 0 aliphatic carbocycles. The van der Waals surface area contributed by atoms with Crippen molar-refractivity contribution in [2.24, 2.45) is 0 Å². The van der Waals surface area contributed by atoms with Crippen LogP contribution >= 0.6 is 0 Å². The fourth-order valence-electron chi connectivity index (χ4n) is 1.15. The maximum absolute atomic E-state index is 11.6. The highest BCUT2D eigenvalue weighted by molar-refractivity contribution is 5.94. The molecule has 0 aliphatic heterocycles. The third kappa shape index (κ3) is 3.13. The molecule has 0 bridgehead atoms. The Morgan fingerprint density at radius 1 is 1.43 bits per heavy atom. The Kier molecular flexibility index (Phi) is 3.57. The van der Waals surface area contributed by atoms with Crippen LogP contribution in [0.3, 0.4) is 0 Å². The minimum Gasteiger partial charge on any atom is -0.292 e. The molecule has 0 aromatic carbocycles. The number of ketones is 1. The van der Waals surface area contributed by atoms with Crippen LogP contribution in [0.15, 0.2) is 30.4 Å². The second-order valence-electron chi connectivity index (χ2n) is 3.54.